The van der Waals surface area contributed by atoms with E-state index in [4.69, 9.17) is 4.74 Å². The lowest BCUT2D eigenvalue weighted by Gasteiger charge is -2.06. The van der Waals surface area contributed by atoms with E-state index in [1.807, 2.05) is 48.7 Å². The summed E-state index contributed by atoms with van der Waals surface area (Å²) < 4.78 is 7.34. The zero-order valence-corrected chi connectivity index (χ0v) is 16.7. The van der Waals surface area contributed by atoms with Crippen molar-refractivity contribution in [2.24, 2.45) is 0 Å². The highest BCUT2D eigenvalue weighted by molar-refractivity contribution is 5.91. The second-order valence-corrected chi connectivity index (χ2v) is 6.28. The molecule has 6 nitrogen and oxygen atoms in total. The number of urea groups is 1. The number of anilines is 1. The van der Waals surface area contributed by atoms with Crippen molar-refractivity contribution >= 4 is 22.6 Å². The molecule has 0 saturated heterocycles. The number of aromatic nitrogens is 1. The molecule has 146 valence electrons. The zero-order valence-electron chi connectivity index (χ0n) is 16.7. The first-order valence-electron chi connectivity index (χ1n) is 9.38. The number of nitrogens with one attached hydrogen (secondary N) is 2. The van der Waals surface area contributed by atoms with Crippen LogP contribution in [0.3, 0.4) is 0 Å². The molecule has 0 bridgehead atoms. The number of methoxy groups -OCH3 is 1. The fourth-order valence-corrected chi connectivity index (χ4v) is 3.17. The van der Waals surface area contributed by atoms with Gasteiger partial charge in [0.05, 0.1) is 18.2 Å². The number of amides is 2. The fourth-order valence-electron chi connectivity index (χ4n) is 3.17. The van der Waals surface area contributed by atoms with E-state index in [1.54, 1.807) is 19.2 Å². The molecule has 0 spiro atoms. The second kappa shape index (κ2) is 8.86. The molecule has 0 radical (unpaired) electrons. The number of rotatable bonds is 4. The van der Waals surface area contributed by atoms with Crippen LogP contribution >= 0.6 is 0 Å². The number of carbonyl (C=O) groups excluding carboxylic acids is 1. The summed E-state index contributed by atoms with van der Waals surface area (Å²) in [5.41, 5.74) is 3.53. The molecule has 0 aliphatic rings. The summed E-state index contributed by atoms with van der Waals surface area (Å²) >= 11 is 0. The monoisotopic (exact) mass is 386 g/mol. The van der Waals surface area contributed by atoms with Crippen LogP contribution in [-0.4, -0.2) is 24.3 Å². The number of ether oxygens (including phenoxy) is 1. The molecular formula is C23H22N4O2. The number of benzene rings is 2. The van der Waals surface area contributed by atoms with Gasteiger partial charge in [0.2, 0.25) is 0 Å². The number of hydrogen-bond donors (Lipinski definition) is 2. The molecule has 0 atom stereocenters. The van der Waals surface area contributed by atoms with Crippen LogP contribution in [0.5, 0.6) is 5.75 Å². The molecule has 0 aliphatic carbocycles. The van der Waals surface area contributed by atoms with E-state index in [-0.39, 0.29) is 6.03 Å². The van der Waals surface area contributed by atoms with Crippen molar-refractivity contribution < 1.29 is 9.53 Å². The van der Waals surface area contributed by atoms with Gasteiger partial charge in [-0.05, 0) is 50.1 Å². The van der Waals surface area contributed by atoms with E-state index in [2.05, 4.69) is 28.5 Å². The summed E-state index contributed by atoms with van der Waals surface area (Å²) in [6.07, 6.45) is 0. The summed E-state index contributed by atoms with van der Waals surface area (Å²) in [5, 5.41) is 16.0. The lowest BCUT2D eigenvalue weighted by Crippen LogP contribution is -2.28. The largest absolute Gasteiger partial charge is 0.497 e. The third-order valence-corrected chi connectivity index (χ3v) is 4.48. The first kappa shape index (κ1) is 19.9. The number of nitriles is 1. The first-order chi connectivity index (χ1) is 14.1. The van der Waals surface area contributed by atoms with Crippen LogP contribution in [0.25, 0.3) is 10.9 Å². The number of nitrogens with zero attached hydrogens (tertiary/aromatic N) is 2. The first-order valence-corrected chi connectivity index (χ1v) is 9.38. The number of hydrogen-bond acceptors (Lipinski definition) is 3. The Morgan fingerprint density at radius 2 is 2.00 bits per heavy atom. The summed E-state index contributed by atoms with van der Waals surface area (Å²) in [6.45, 7) is 5.10. The SMILES string of the molecule is CCNC(=O)Nc1cccc(C#Cc2c(C#N)c3ccc(OC)cc3n2CC)c1. The molecule has 0 saturated carbocycles. The predicted molar refractivity (Wildman–Crippen MR) is 114 cm³/mol. The van der Waals surface area contributed by atoms with Crippen molar-refractivity contribution in [3.05, 3.63) is 59.3 Å². The van der Waals surface area contributed by atoms with Gasteiger partial charge in [0.15, 0.2) is 0 Å². The Kier molecular flexibility index (Phi) is 6.06. The Balaban J connectivity index is 2.03. The molecule has 6 heteroatoms. The fraction of sp³-hybridized carbons (Fsp3) is 0.217. The Bertz CT molecular complexity index is 1160. The maximum Gasteiger partial charge on any atom is 0.319 e. The van der Waals surface area contributed by atoms with Crippen LogP contribution < -0.4 is 15.4 Å². The van der Waals surface area contributed by atoms with Crippen LogP contribution in [0, 0.1) is 23.2 Å². The quantitative estimate of drug-likeness (QED) is 0.663. The third kappa shape index (κ3) is 4.17. The van der Waals surface area contributed by atoms with Crippen LogP contribution in [-0.2, 0) is 6.54 Å². The van der Waals surface area contributed by atoms with Gasteiger partial charge in [-0.3, -0.25) is 0 Å². The minimum atomic E-state index is -0.260. The van der Waals surface area contributed by atoms with Gasteiger partial charge in [0.1, 0.15) is 17.5 Å². The molecular weight excluding hydrogens is 364 g/mol. The van der Waals surface area contributed by atoms with Crippen LogP contribution in [0.1, 0.15) is 30.7 Å². The van der Waals surface area contributed by atoms with Crippen molar-refractivity contribution in [2.75, 3.05) is 19.0 Å². The summed E-state index contributed by atoms with van der Waals surface area (Å²) in [4.78, 5) is 11.7. The smallest absolute Gasteiger partial charge is 0.319 e. The predicted octanol–water partition coefficient (Wildman–Crippen LogP) is 4.08. The minimum Gasteiger partial charge on any atom is -0.497 e. The van der Waals surface area contributed by atoms with Gasteiger partial charge in [-0.1, -0.05) is 12.0 Å². The minimum absolute atomic E-state index is 0.260. The average Bonchev–Trinajstić information content (AvgIpc) is 3.04. The third-order valence-electron chi connectivity index (χ3n) is 4.48. The lowest BCUT2D eigenvalue weighted by molar-refractivity contribution is 0.252. The van der Waals surface area contributed by atoms with Gasteiger partial charge < -0.3 is 19.9 Å². The highest BCUT2D eigenvalue weighted by Crippen LogP contribution is 2.29. The lowest BCUT2D eigenvalue weighted by atomic mass is 10.1. The van der Waals surface area contributed by atoms with Crippen LogP contribution in [0.4, 0.5) is 10.5 Å². The van der Waals surface area contributed by atoms with E-state index in [0.29, 0.717) is 30.0 Å². The highest BCUT2D eigenvalue weighted by Gasteiger charge is 2.15. The maximum absolute atomic E-state index is 11.7. The average molecular weight is 386 g/mol. The summed E-state index contributed by atoms with van der Waals surface area (Å²) in [6, 6.07) is 15.0. The molecule has 1 aromatic heterocycles. The molecule has 3 aromatic rings. The van der Waals surface area contributed by atoms with Gasteiger partial charge in [0.25, 0.3) is 0 Å². The van der Waals surface area contributed by atoms with E-state index in [1.165, 1.54) is 0 Å². The van der Waals surface area contributed by atoms with Crippen molar-refractivity contribution in [1.82, 2.24) is 9.88 Å². The molecule has 1 heterocycles. The maximum atomic E-state index is 11.7. The Labute approximate surface area is 170 Å². The van der Waals surface area contributed by atoms with Crippen molar-refractivity contribution in [1.29, 1.82) is 5.26 Å². The number of carbonyl (C=O) groups is 1. The number of aryl methyl sites for hydroxylation is 1. The van der Waals surface area contributed by atoms with Gasteiger partial charge in [-0.15, -0.1) is 0 Å². The molecule has 2 aromatic carbocycles. The normalized spacial score (nSPS) is 10.0. The molecule has 0 unspecified atom stereocenters. The summed E-state index contributed by atoms with van der Waals surface area (Å²) in [7, 11) is 1.62. The van der Waals surface area contributed by atoms with Crippen LogP contribution in [0.2, 0.25) is 0 Å². The van der Waals surface area contributed by atoms with Gasteiger partial charge in [-0.2, -0.15) is 5.26 Å². The van der Waals surface area contributed by atoms with Crippen molar-refractivity contribution in [2.45, 2.75) is 20.4 Å². The molecule has 3 rings (SSSR count). The molecule has 0 fully saturated rings. The second-order valence-electron chi connectivity index (χ2n) is 6.28. The summed E-state index contributed by atoms with van der Waals surface area (Å²) in [5.74, 6) is 7.01. The topological polar surface area (TPSA) is 79.1 Å². The number of fused-ring (bicyclic) bond motifs is 1. The van der Waals surface area contributed by atoms with E-state index >= 15 is 0 Å². The molecule has 0 aliphatic heterocycles. The highest BCUT2D eigenvalue weighted by atomic mass is 16.5. The Morgan fingerprint density at radius 3 is 2.69 bits per heavy atom. The van der Waals surface area contributed by atoms with Gasteiger partial charge in [-0.25, -0.2) is 4.79 Å². The Hall–Kier alpha value is -3.90. The standard InChI is InChI=1S/C23H22N4O2/c1-4-25-23(28)26-17-8-6-7-16(13-17)9-12-21-20(15-24)19-11-10-18(29-3)14-22(19)27(21)5-2/h6-8,10-11,13-14H,4-5H2,1-3H3,(H2,25,26,28). The molecule has 2 amide bonds. The van der Waals surface area contributed by atoms with Gasteiger partial charge in [0, 0.05) is 35.8 Å². The van der Waals surface area contributed by atoms with E-state index in [9.17, 15) is 10.1 Å². The zero-order chi connectivity index (χ0) is 20.8. The van der Waals surface area contributed by atoms with Gasteiger partial charge >= 0.3 is 6.03 Å². The molecule has 29 heavy (non-hydrogen) atoms. The Morgan fingerprint density at radius 1 is 1.17 bits per heavy atom. The van der Waals surface area contributed by atoms with E-state index < -0.39 is 0 Å². The molecule has 2 N–H and O–H groups in total. The van der Waals surface area contributed by atoms with E-state index in [0.717, 1.165) is 22.2 Å². The van der Waals surface area contributed by atoms with Crippen molar-refractivity contribution in [3.8, 4) is 23.7 Å². The van der Waals surface area contributed by atoms with Crippen molar-refractivity contribution in [3.63, 3.8) is 0 Å². The van der Waals surface area contributed by atoms with Crippen LogP contribution in [0.15, 0.2) is 42.5 Å².